The molecule has 1 aliphatic heterocycles. The lowest BCUT2D eigenvalue weighted by Crippen LogP contribution is -2.61. The Hall–Kier alpha value is -7.09. The number of imidazole rings is 1. The average molecular weight is 1010 g/mol. The highest BCUT2D eigenvalue weighted by Gasteiger charge is 2.70. The molecule has 4 atom stereocenters. The van der Waals surface area contributed by atoms with Crippen molar-refractivity contribution in [2.24, 2.45) is 0 Å². The van der Waals surface area contributed by atoms with Crippen LogP contribution in [0.15, 0.2) is 152 Å². The van der Waals surface area contributed by atoms with Crippen LogP contribution in [0, 0.1) is 20.2 Å². The third-order valence-electron chi connectivity index (χ3n) is 13.0. The summed E-state index contributed by atoms with van der Waals surface area (Å²) in [7, 11) is -2.35. The SMILES string of the molecule is COOC[C@@H]1C[C@@H](O[P+](O)(CCc2ccc([N+](=O)[O-])cc2)N(C(C)C)C(C)C)[C@@](n2cnc3c(NC(=O)OCCc4ccc([N+](=O)[O-])cc4)ncnc32)(C(c2ccccc2)(c2ccccc2)c2ccccc2)O1. The summed E-state index contributed by atoms with van der Waals surface area (Å²) in [4.78, 5) is 74.2. The molecule has 0 bridgehead atoms. The number of hydrogen-bond donors (Lipinski definition) is 2. The van der Waals surface area contributed by atoms with Crippen molar-refractivity contribution < 1.29 is 43.3 Å². The number of anilines is 1. The molecule has 3 heterocycles. The van der Waals surface area contributed by atoms with Gasteiger partial charge in [0.05, 0.1) is 41.4 Å². The van der Waals surface area contributed by atoms with Crippen molar-refractivity contribution in [1.82, 2.24) is 24.2 Å². The second kappa shape index (κ2) is 22.8. The van der Waals surface area contributed by atoms with E-state index in [2.05, 4.69) is 10.3 Å². The van der Waals surface area contributed by atoms with Gasteiger partial charge in [-0.25, -0.2) is 34.4 Å². The van der Waals surface area contributed by atoms with Gasteiger partial charge in [0.25, 0.3) is 11.4 Å². The van der Waals surface area contributed by atoms with Crippen LogP contribution in [0.25, 0.3) is 11.2 Å². The van der Waals surface area contributed by atoms with Gasteiger partial charge in [-0.1, -0.05) is 115 Å². The molecule has 1 fully saturated rings. The van der Waals surface area contributed by atoms with Crippen LogP contribution >= 0.6 is 7.87 Å². The van der Waals surface area contributed by atoms with Gasteiger partial charge in [0.1, 0.15) is 19.1 Å². The average Bonchev–Trinajstić information content (AvgIpc) is 3.99. The number of hydrogen-bond acceptors (Lipinski definition) is 15. The number of aryl methyl sites for hydroxylation is 1. The van der Waals surface area contributed by atoms with Gasteiger partial charge in [0, 0.05) is 55.6 Å². The zero-order valence-corrected chi connectivity index (χ0v) is 42.0. The zero-order valence-electron chi connectivity index (χ0n) is 41.1. The predicted octanol–water partition coefficient (Wildman–Crippen LogP) is 9.99. The maximum absolute atomic E-state index is 13.7. The summed E-state index contributed by atoms with van der Waals surface area (Å²) in [5.41, 5.74) is 1.05. The van der Waals surface area contributed by atoms with E-state index in [9.17, 15) is 29.9 Å². The number of non-ortho nitro benzene ring substituents is 2. The molecule has 7 aromatic rings. The van der Waals surface area contributed by atoms with Gasteiger partial charge < -0.3 is 9.47 Å². The molecule has 1 amide bonds. The fourth-order valence-electron chi connectivity index (χ4n) is 10.2. The molecule has 1 saturated heterocycles. The number of carbonyl (C=O) groups is 1. The lowest BCUT2D eigenvalue weighted by Gasteiger charge is -2.52. The van der Waals surface area contributed by atoms with Crippen molar-refractivity contribution in [2.45, 2.75) is 82.4 Å². The van der Waals surface area contributed by atoms with Crippen LogP contribution in [-0.4, -0.2) is 95.8 Å². The summed E-state index contributed by atoms with van der Waals surface area (Å²) in [5.74, 6) is 0.0385. The molecule has 19 nitrogen and oxygen atoms in total. The second-order valence-electron chi connectivity index (χ2n) is 18.1. The van der Waals surface area contributed by atoms with Gasteiger partial charge in [-0.15, -0.1) is 4.67 Å². The van der Waals surface area contributed by atoms with Gasteiger partial charge in [-0.3, -0.25) is 30.1 Å². The number of nitro benzene ring substituents is 2. The largest absolute Gasteiger partial charge is 0.449 e. The number of amides is 1. The molecule has 1 aliphatic rings. The molecular weight excluding hydrogens is 956 g/mol. The van der Waals surface area contributed by atoms with Gasteiger partial charge in [0.2, 0.25) is 0 Å². The third kappa shape index (κ3) is 10.7. The highest BCUT2D eigenvalue weighted by molar-refractivity contribution is 7.63. The van der Waals surface area contributed by atoms with E-state index in [-0.39, 0.29) is 66.2 Å². The maximum atomic E-state index is 13.7. The van der Waals surface area contributed by atoms with E-state index in [1.54, 1.807) is 30.6 Å². The Kier molecular flexibility index (Phi) is 16.3. The van der Waals surface area contributed by atoms with Crippen LogP contribution in [0.1, 0.15) is 61.9 Å². The minimum absolute atomic E-state index is 0.0385. The van der Waals surface area contributed by atoms with Crippen molar-refractivity contribution in [3.63, 3.8) is 0 Å². The number of benzene rings is 5. The lowest BCUT2D eigenvalue weighted by molar-refractivity contribution is -0.385. The molecule has 2 N–H and O–H groups in total. The predicted molar refractivity (Wildman–Crippen MR) is 275 cm³/mol. The molecule has 0 aliphatic carbocycles. The Labute approximate surface area is 422 Å². The number of nitrogens with one attached hydrogen (secondary N) is 1. The number of fused-ring (bicyclic) bond motifs is 1. The van der Waals surface area contributed by atoms with Gasteiger partial charge >= 0.3 is 14.0 Å². The van der Waals surface area contributed by atoms with Crippen molar-refractivity contribution >= 4 is 42.3 Å². The molecular formula is C53H58N8O11P+. The van der Waals surface area contributed by atoms with Crippen LogP contribution in [0.4, 0.5) is 22.0 Å². The highest BCUT2D eigenvalue weighted by Crippen LogP contribution is 2.67. The van der Waals surface area contributed by atoms with Crippen LogP contribution < -0.4 is 5.32 Å². The summed E-state index contributed by atoms with van der Waals surface area (Å²) >= 11 is 0. The van der Waals surface area contributed by atoms with Crippen molar-refractivity contribution in [2.75, 3.05) is 31.8 Å². The Morgan fingerprint density at radius 1 is 0.808 bits per heavy atom. The Bertz CT molecular complexity index is 2870. The standard InChI is InChI=1S/C53H57N8O11P/c1-37(2)59(38(3)4)73(67,32-30-40-23-27-45(28-24-40)61(65)66)72-47-33-46(34-70-68-5)71-53(47,52(41-15-9-6-10-16-41,42-17-11-7-12-18-42)43-19-13-8-14-20-43)58-36-56-48-49(54-35-55-50(48)58)57-51(62)69-31-29-39-21-25-44(26-22-39)60(63)64/h6-28,35-38,46-47,67H,29-34H2,1-5H3/p+1/t46-,47+,53-,73?/m0/s1. The molecule has 0 spiro atoms. The highest BCUT2D eigenvalue weighted by atomic mass is 31.2. The van der Waals surface area contributed by atoms with E-state index in [1.807, 2.05) is 128 Å². The fourth-order valence-corrected chi connectivity index (χ4v) is 13.3. The van der Waals surface area contributed by atoms with Gasteiger partial charge in [-0.05, 0) is 55.5 Å². The first kappa shape index (κ1) is 52.2. The quantitative estimate of drug-likeness (QED) is 0.0212. The molecule has 20 heteroatoms. The summed E-state index contributed by atoms with van der Waals surface area (Å²) < 4.78 is 24.8. The summed E-state index contributed by atoms with van der Waals surface area (Å²) in [5, 5.41) is 25.5. The first-order chi connectivity index (χ1) is 35.2. The summed E-state index contributed by atoms with van der Waals surface area (Å²) in [6.45, 7) is 7.93. The molecule has 5 aromatic carbocycles. The smallest absolute Gasteiger partial charge is 0.412 e. The van der Waals surface area contributed by atoms with E-state index >= 15 is 0 Å². The van der Waals surface area contributed by atoms with Crippen LogP contribution in [0.5, 0.6) is 0 Å². The summed E-state index contributed by atoms with van der Waals surface area (Å²) in [6, 6.07) is 41.6. The Morgan fingerprint density at radius 3 is 1.82 bits per heavy atom. The number of ether oxygens (including phenoxy) is 2. The number of nitrogens with zero attached hydrogens (tertiary/aromatic N) is 7. The molecule has 380 valence electrons. The number of aromatic nitrogens is 4. The third-order valence-corrected chi connectivity index (χ3v) is 16.1. The van der Waals surface area contributed by atoms with E-state index in [4.69, 9.17) is 33.7 Å². The first-order valence-electron chi connectivity index (χ1n) is 23.9. The summed E-state index contributed by atoms with van der Waals surface area (Å²) in [6.07, 6.45) is 1.14. The second-order valence-corrected chi connectivity index (χ2v) is 20.6. The molecule has 1 unspecified atom stereocenters. The number of nitro groups is 2. The monoisotopic (exact) mass is 1010 g/mol. The van der Waals surface area contributed by atoms with E-state index in [0.717, 1.165) is 27.8 Å². The van der Waals surface area contributed by atoms with Crippen LogP contribution in [0.2, 0.25) is 0 Å². The van der Waals surface area contributed by atoms with Gasteiger partial charge in [-0.2, -0.15) is 4.52 Å². The number of carbonyl (C=O) groups excluding carboxylic acids is 1. The lowest BCUT2D eigenvalue weighted by atomic mass is 9.61. The Balaban J connectivity index is 1.33. The van der Waals surface area contributed by atoms with E-state index in [0.29, 0.717) is 12.8 Å². The van der Waals surface area contributed by atoms with Crippen LogP contribution in [0.3, 0.4) is 0 Å². The molecule has 2 aromatic heterocycles. The van der Waals surface area contributed by atoms with Crippen molar-refractivity contribution in [3.8, 4) is 0 Å². The number of rotatable bonds is 22. The van der Waals surface area contributed by atoms with Crippen molar-refractivity contribution in [3.05, 3.63) is 200 Å². The molecule has 0 saturated carbocycles. The fraction of sp³-hybridized carbons (Fsp3) is 0.321. The maximum Gasteiger partial charge on any atom is 0.412 e. The van der Waals surface area contributed by atoms with Crippen LogP contribution in [-0.2, 0) is 47.8 Å². The zero-order chi connectivity index (χ0) is 51.8. The van der Waals surface area contributed by atoms with Gasteiger partial charge in [0.15, 0.2) is 28.8 Å². The first-order valence-corrected chi connectivity index (χ1v) is 25.7. The molecule has 8 rings (SSSR count). The minimum Gasteiger partial charge on any atom is -0.449 e. The van der Waals surface area contributed by atoms with E-state index < -0.39 is 47.2 Å². The molecule has 0 radical (unpaired) electrons. The normalized spacial score (nSPS) is 17.8. The van der Waals surface area contributed by atoms with Crippen molar-refractivity contribution in [1.29, 1.82) is 0 Å². The topological polar surface area (TPSA) is 229 Å². The van der Waals surface area contributed by atoms with E-state index in [1.165, 1.54) is 37.7 Å². The minimum atomic E-state index is -3.77. The molecule has 73 heavy (non-hydrogen) atoms. The Morgan fingerprint density at radius 2 is 1.33 bits per heavy atom.